The average Bonchev–Trinajstić information content (AvgIpc) is 3.60. The Morgan fingerprint density at radius 2 is 0.939 bits per heavy atom. The van der Waals surface area contributed by atoms with Gasteiger partial charge in [0.2, 0.25) is 0 Å². The number of rotatable bonds is 7. The monoisotopic (exact) mass is 666 g/mol. The van der Waals surface area contributed by atoms with E-state index in [-0.39, 0.29) is 0 Å². The van der Waals surface area contributed by atoms with Crippen LogP contribution in [0.3, 0.4) is 0 Å². The molecule has 8 aromatic rings. The molecule has 49 heavy (non-hydrogen) atoms. The minimum Gasteiger partial charge on any atom is -0.255 e. The summed E-state index contributed by atoms with van der Waals surface area (Å²) in [6.45, 7) is 7.16. The molecule has 0 atom stereocenters. The fourth-order valence-corrected chi connectivity index (χ4v) is 8.19. The maximum atomic E-state index is 5.01. The Morgan fingerprint density at radius 3 is 1.53 bits per heavy atom. The van der Waals surface area contributed by atoms with Crippen LogP contribution in [0.25, 0.3) is 77.1 Å². The van der Waals surface area contributed by atoms with Crippen molar-refractivity contribution in [3.63, 3.8) is 0 Å². The van der Waals surface area contributed by atoms with Crippen LogP contribution in [0.2, 0.25) is 19.6 Å². The van der Waals surface area contributed by atoms with Gasteiger partial charge in [-0.15, -0.1) is 11.3 Å². The van der Waals surface area contributed by atoms with Crippen molar-refractivity contribution in [2.45, 2.75) is 19.6 Å². The molecule has 0 aliphatic carbocycles. The Morgan fingerprint density at radius 1 is 0.429 bits per heavy atom. The largest absolute Gasteiger partial charge is 0.255 e. The molecule has 236 valence electrons. The number of fused-ring (bicyclic) bond motifs is 1. The molecule has 0 unspecified atom stereocenters. The number of thiophene rings is 1. The topological polar surface area (TPSA) is 51.6 Å². The zero-order chi connectivity index (χ0) is 33.4. The van der Waals surface area contributed by atoms with E-state index in [0.717, 1.165) is 37.3 Å². The van der Waals surface area contributed by atoms with Crippen molar-refractivity contribution in [3.05, 3.63) is 152 Å². The maximum Gasteiger partial charge on any atom is 0.174 e. The summed E-state index contributed by atoms with van der Waals surface area (Å²) >= 11 is 1.64. The first-order valence-corrected chi connectivity index (χ1v) is 20.8. The van der Waals surface area contributed by atoms with E-state index in [4.69, 9.17) is 15.0 Å². The van der Waals surface area contributed by atoms with Crippen molar-refractivity contribution in [2.75, 3.05) is 0 Å². The molecule has 3 aromatic heterocycles. The van der Waals surface area contributed by atoms with Gasteiger partial charge in [0.25, 0.3) is 0 Å². The Bertz CT molecular complexity index is 2400. The number of hydrogen-bond donors (Lipinski definition) is 0. The molecule has 5 aromatic carbocycles. The highest BCUT2D eigenvalue weighted by Gasteiger charge is 2.17. The van der Waals surface area contributed by atoms with Crippen LogP contribution in [0.15, 0.2) is 152 Å². The molecule has 0 saturated carbocycles. The Hall–Kier alpha value is -5.56. The molecule has 0 radical (unpaired) electrons. The molecular weight excluding hydrogens is 633 g/mol. The lowest BCUT2D eigenvalue weighted by Gasteiger charge is -2.17. The van der Waals surface area contributed by atoms with E-state index in [9.17, 15) is 0 Å². The van der Waals surface area contributed by atoms with Crippen molar-refractivity contribution in [1.29, 1.82) is 0 Å². The fourth-order valence-electron chi connectivity index (χ4n) is 6.07. The minimum absolute atomic E-state index is 0.639. The summed E-state index contributed by atoms with van der Waals surface area (Å²) in [5.74, 6) is 1.93. The first-order chi connectivity index (χ1) is 23.9. The number of nitrogens with zero attached hydrogens (tertiary/aromatic N) is 4. The maximum absolute atomic E-state index is 5.01. The molecule has 0 N–H and O–H groups in total. The fraction of sp³-hybridized carbons (Fsp3) is 0.0698. The van der Waals surface area contributed by atoms with Crippen LogP contribution in [-0.4, -0.2) is 28.0 Å². The quantitative estimate of drug-likeness (QED) is 0.159. The van der Waals surface area contributed by atoms with Crippen molar-refractivity contribution in [3.8, 4) is 66.9 Å². The van der Waals surface area contributed by atoms with E-state index in [2.05, 4.69) is 134 Å². The summed E-state index contributed by atoms with van der Waals surface area (Å²) < 4.78 is 1.10. The highest BCUT2D eigenvalue weighted by atomic mass is 32.1. The van der Waals surface area contributed by atoms with Crippen LogP contribution in [0.1, 0.15) is 0 Å². The first kappa shape index (κ1) is 30.8. The summed E-state index contributed by atoms with van der Waals surface area (Å²) in [5.41, 5.74) is 9.90. The number of benzene rings is 5. The molecule has 3 heterocycles. The lowest BCUT2D eigenvalue weighted by molar-refractivity contribution is 1.08. The van der Waals surface area contributed by atoms with Crippen molar-refractivity contribution in [1.82, 2.24) is 19.9 Å². The van der Waals surface area contributed by atoms with E-state index in [0.29, 0.717) is 17.5 Å². The SMILES string of the molecule is C[Si](C)(C)c1ccc(-c2cccc(-c3cccc(-c4cccc(-c5nc(-c6ccccc6)nc(-c6cc7ncccc7s6)n5)c4)c3)c2)cc1. The normalized spacial score (nSPS) is 11.6. The van der Waals surface area contributed by atoms with Gasteiger partial charge in [-0.1, -0.05) is 134 Å². The summed E-state index contributed by atoms with van der Waals surface area (Å²) in [4.78, 5) is 20.4. The smallest absolute Gasteiger partial charge is 0.174 e. The lowest BCUT2D eigenvalue weighted by atomic mass is 9.95. The molecule has 0 bridgehead atoms. The third kappa shape index (κ3) is 6.49. The predicted molar refractivity (Wildman–Crippen MR) is 209 cm³/mol. The summed E-state index contributed by atoms with van der Waals surface area (Å²) in [7, 11) is -1.34. The molecular formula is C43H34N4SSi. The van der Waals surface area contributed by atoms with E-state index in [1.165, 1.54) is 27.4 Å². The van der Waals surface area contributed by atoms with Crippen LogP contribution in [-0.2, 0) is 0 Å². The van der Waals surface area contributed by atoms with Gasteiger partial charge in [-0.25, -0.2) is 15.0 Å². The predicted octanol–water partition coefficient (Wildman–Crippen LogP) is 11.0. The van der Waals surface area contributed by atoms with Gasteiger partial charge in [-0.3, -0.25) is 4.98 Å². The Labute approximate surface area is 291 Å². The van der Waals surface area contributed by atoms with Gasteiger partial charge in [-0.05, 0) is 69.8 Å². The second-order valence-electron chi connectivity index (χ2n) is 13.2. The first-order valence-electron chi connectivity index (χ1n) is 16.5. The van der Waals surface area contributed by atoms with Crippen LogP contribution in [0.4, 0.5) is 0 Å². The molecule has 0 saturated heterocycles. The second kappa shape index (κ2) is 12.8. The van der Waals surface area contributed by atoms with Gasteiger partial charge >= 0.3 is 0 Å². The Kier molecular flexibility index (Phi) is 8.04. The van der Waals surface area contributed by atoms with Crippen LogP contribution in [0, 0.1) is 0 Å². The highest BCUT2D eigenvalue weighted by Crippen LogP contribution is 2.34. The number of aromatic nitrogens is 4. The van der Waals surface area contributed by atoms with Gasteiger partial charge in [0.05, 0.1) is 23.2 Å². The molecule has 0 spiro atoms. The summed E-state index contributed by atoms with van der Waals surface area (Å²) in [5, 5.41) is 1.48. The van der Waals surface area contributed by atoms with Crippen LogP contribution in [0.5, 0.6) is 0 Å². The molecule has 4 nitrogen and oxygen atoms in total. The molecule has 0 fully saturated rings. The van der Waals surface area contributed by atoms with Crippen LogP contribution < -0.4 is 5.19 Å². The van der Waals surface area contributed by atoms with Crippen molar-refractivity contribution in [2.24, 2.45) is 0 Å². The van der Waals surface area contributed by atoms with Crippen molar-refractivity contribution >= 4 is 34.8 Å². The van der Waals surface area contributed by atoms with Gasteiger partial charge in [0, 0.05) is 17.3 Å². The van der Waals surface area contributed by atoms with Gasteiger partial charge in [0.15, 0.2) is 17.5 Å². The van der Waals surface area contributed by atoms with Gasteiger partial charge in [-0.2, -0.15) is 0 Å². The number of hydrogen-bond acceptors (Lipinski definition) is 5. The van der Waals surface area contributed by atoms with E-state index >= 15 is 0 Å². The second-order valence-corrected chi connectivity index (χ2v) is 19.4. The van der Waals surface area contributed by atoms with E-state index in [1.807, 2.05) is 42.6 Å². The molecule has 6 heteroatoms. The zero-order valence-electron chi connectivity index (χ0n) is 27.6. The van der Waals surface area contributed by atoms with E-state index < -0.39 is 8.07 Å². The lowest BCUT2D eigenvalue weighted by Crippen LogP contribution is -2.37. The minimum atomic E-state index is -1.34. The Balaban J connectivity index is 1.15. The standard InChI is InChI=1S/C43H34N4SSi/c1-49(2,3)37-22-20-29(21-23-37)31-13-7-14-32(25-31)33-15-8-16-34(26-33)35-17-9-18-36(27-35)42-45-41(30-11-5-4-6-12-30)46-43(47-42)40-28-38-39(48-40)19-10-24-44-38/h4-28H,1-3H3. The highest BCUT2D eigenvalue weighted by molar-refractivity contribution is 7.22. The number of pyridine rings is 1. The molecule has 0 aliphatic rings. The molecule has 8 rings (SSSR count). The average molecular weight is 667 g/mol. The van der Waals surface area contributed by atoms with E-state index in [1.54, 1.807) is 11.3 Å². The summed E-state index contributed by atoms with van der Waals surface area (Å²) in [6, 6.07) is 51.4. The summed E-state index contributed by atoms with van der Waals surface area (Å²) in [6.07, 6.45) is 1.82. The molecule has 0 aliphatic heterocycles. The van der Waals surface area contributed by atoms with Crippen molar-refractivity contribution < 1.29 is 0 Å². The molecule has 0 amide bonds. The van der Waals surface area contributed by atoms with Gasteiger partial charge < -0.3 is 0 Å². The third-order valence-corrected chi connectivity index (χ3v) is 11.9. The zero-order valence-corrected chi connectivity index (χ0v) is 29.4. The van der Waals surface area contributed by atoms with Gasteiger partial charge in [0.1, 0.15) is 0 Å². The van der Waals surface area contributed by atoms with Crippen LogP contribution >= 0.6 is 11.3 Å². The third-order valence-electron chi connectivity index (χ3n) is 8.77.